The highest BCUT2D eigenvalue weighted by atomic mass is 32.1. The molecule has 0 radical (unpaired) electrons. The van der Waals surface area contributed by atoms with Crippen LogP contribution in [0, 0.1) is 24.2 Å². The van der Waals surface area contributed by atoms with Crippen LogP contribution in [0.25, 0.3) is 0 Å². The molecular formula is C16H23NS. The van der Waals surface area contributed by atoms with E-state index < -0.39 is 0 Å². The first-order chi connectivity index (χ1) is 8.45. The molecule has 1 aromatic rings. The Kier molecular flexibility index (Phi) is 3.47. The average Bonchev–Trinajstić information content (AvgIpc) is 2.63. The van der Waals surface area contributed by atoms with Crippen LogP contribution in [-0.4, -0.2) is 0 Å². The summed E-state index contributed by atoms with van der Waals surface area (Å²) < 4.78 is 0. The van der Waals surface area contributed by atoms with Gasteiger partial charge < -0.3 is 5.73 Å². The first kappa shape index (κ1) is 13.5. The monoisotopic (exact) mass is 261 g/mol. The van der Waals surface area contributed by atoms with Crippen LogP contribution in [-0.2, 0) is 11.8 Å². The van der Waals surface area contributed by atoms with Crippen LogP contribution in [0.2, 0.25) is 0 Å². The predicted molar refractivity (Wildman–Crippen MR) is 81.0 cm³/mol. The van der Waals surface area contributed by atoms with Crippen molar-refractivity contribution in [1.82, 2.24) is 0 Å². The molecule has 0 spiro atoms. The van der Waals surface area contributed by atoms with E-state index in [1.165, 1.54) is 23.3 Å². The third-order valence-corrected chi connectivity index (χ3v) is 5.75. The van der Waals surface area contributed by atoms with Crippen molar-refractivity contribution in [1.29, 1.82) is 0 Å². The Balaban J connectivity index is 2.73. The fourth-order valence-corrected chi connectivity index (χ4v) is 4.97. The van der Waals surface area contributed by atoms with Gasteiger partial charge in [-0.2, -0.15) is 0 Å². The number of anilines is 1. The SMILES string of the molecule is C#Cc1c(N)sc2c1C(C(C)C)(C(C)C)CCC2. The molecule has 0 saturated heterocycles. The summed E-state index contributed by atoms with van der Waals surface area (Å²) in [4.78, 5) is 1.44. The molecule has 2 N–H and O–H groups in total. The van der Waals surface area contributed by atoms with Crippen molar-refractivity contribution in [3.05, 3.63) is 16.0 Å². The van der Waals surface area contributed by atoms with E-state index in [1.807, 2.05) is 0 Å². The van der Waals surface area contributed by atoms with E-state index in [-0.39, 0.29) is 5.41 Å². The van der Waals surface area contributed by atoms with Crippen molar-refractivity contribution in [2.75, 3.05) is 5.73 Å². The number of hydrogen-bond donors (Lipinski definition) is 1. The third-order valence-electron chi connectivity index (χ3n) is 4.67. The standard InChI is InChI=1S/C16H23NS/c1-6-12-14-13(18-15(12)17)8-7-9-16(14,10(2)3)11(4)5/h1,10-11H,7-9,17H2,2-5H3. The van der Waals surface area contributed by atoms with Crippen LogP contribution < -0.4 is 5.73 Å². The van der Waals surface area contributed by atoms with Crippen LogP contribution in [0.15, 0.2) is 0 Å². The van der Waals surface area contributed by atoms with Gasteiger partial charge in [-0.3, -0.25) is 0 Å². The predicted octanol–water partition coefficient (Wildman–Crippen LogP) is 4.20. The molecule has 1 aliphatic rings. The van der Waals surface area contributed by atoms with Crippen LogP contribution in [0.5, 0.6) is 0 Å². The molecule has 0 unspecified atom stereocenters. The summed E-state index contributed by atoms with van der Waals surface area (Å²) in [5, 5.41) is 0.843. The summed E-state index contributed by atoms with van der Waals surface area (Å²) in [7, 11) is 0. The molecule has 98 valence electrons. The van der Waals surface area contributed by atoms with E-state index in [0.29, 0.717) is 11.8 Å². The van der Waals surface area contributed by atoms with Crippen LogP contribution in [0.4, 0.5) is 5.00 Å². The van der Waals surface area contributed by atoms with Crippen molar-refractivity contribution in [3.8, 4) is 12.3 Å². The van der Waals surface area contributed by atoms with Gasteiger partial charge in [0.1, 0.15) is 5.00 Å². The lowest BCUT2D eigenvalue weighted by atomic mass is 9.59. The normalized spacial score (nSPS) is 17.8. The number of thiophene rings is 1. The smallest absolute Gasteiger partial charge is 0.102 e. The van der Waals surface area contributed by atoms with Crippen molar-refractivity contribution in [2.45, 2.75) is 52.4 Å². The number of fused-ring (bicyclic) bond motifs is 1. The Bertz CT molecular complexity index is 480. The highest BCUT2D eigenvalue weighted by Gasteiger charge is 2.44. The third kappa shape index (κ3) is 1.68. The van der Waals surface area contributed by atoms with Gasteiger partial charge in [0.2, 0.25) is 0 Å². The van der Waals surface area contributed by atoms with Gasteiger partial charge in [-0.15, -0.1) is 17.8 Å². The summed E-state index contributed by atoms with van der Waals surface area (Å²) >= 11 is 1.71. The van der Waals surface area contributed by atoms with Crippen molar-refractivity contribution < 1.29 is 0 Å². The second kappa shape index (κ2) is 4.63. The Labute approximate surface area is 115 Å². The van der Waals surface area contributed by atoms with Gasteiger partial charge >= 0.3 is 0 Å². The molecular weight excluding hydrogens is 238 g/mol. The number of nitrogens with two attached hydrogens (primary N) is 1. The first-order valence-corrected chi connectivity index (χ1v) is 7.65. The zero-order chi connectivity index (χ0) is 13.5. The fourth-order valence-electron chi connectivity index (χ4n) is 3.80. The molecule has 1 aromatic heterocycles. The van der Waals surface area contributed by atoms with Gasteiger partial charge in [0, 0.05) is 10.3 Å². The van der Waals surface area contributed by atoms with E-state index in [0.717, 1.165) is 17.0 Å². The lowest BCUT2D eigenvalue weighted by molar-refractivity contribution is 0.187. The molecule has 0 amide bonds. The molecule has 2 heteroatoms. The van der Waals surface area contributed by atoms with Gasteiger partial charge in [-0.05, 0) is 36.7 Å². The van der Waals surface area contributed by atoms with Gasteiger partial charge in [0.15, 0.2) is 0 Å². The van der Waals surface area contributed by atoms with Crippen molar-refractivity contribution in [3.63, 3.8) is 0 Å². The number of hydrogen-bond acceptors (Lipinski definition) is 2. The quantitative estimate of drug-likeness (QED) is 0.793. The summed E-state index contributed by atoms with van der Waals surface area (Å²) in [5.41, 5.74) is 8.73. The fraction of sp³-hybridized carbons (Fsp3) is 0.625. The molecule has 18 heavy (non-hydrogen) atoms. The summed E-state index contributed by atoms with van der Waals surface area (Å²) in [5.74, 6) is 4.04. The number of terminal acetylenes is 1. The highest BCUT2D eigenvalue weighted by molar-refractivity contribution is 7.16. The zero-order valence-electron chi connectivity index (χ0n) is 11.8. The summed E-state index contributed by atoms with van der Waals surface area (Å²) in [6, 6.07) is 0. The lowest BCUT2D eigenvalue weighted by Crippen LogP contribution is -2.41. The molecule has 0 bridgehead atoms. The van der Waals surface area contributed by atoms with Crippen LogP contribution in [0.1, 0.15) is 56.5 Å². The molecule has 2 rings (SSSR count). The average molecular weight is 261 g/mol. The van der Waals surface area contributed by atoms with Gasteiger partial charge in [-0.25, -0.2) is 0 Å². The maximum absolute atomic E-state index is 6.13. The molecule has 0 aromatic carbocycles. The van der Waals surface area contributed by atoms with E-state index >= 15 is 0 Å². The van der Waals surface area contributed by atoms with Gasteiger partial charge in [0.25, 0.3) is 0 Å². The lowest BCUT2D eigenvalue weighted by Gasteiger charge is -2.45. The van der Waals surface area contributed by atoms with E-state index in [9.17, 15) is 0 Å². The number of rotatable bonds is 2. The Morgan fingerprint density at radius 2 is 1.89 bits per heavy atom. The zero-order valence-corrected chi connectivity index (χ0v) is 12.7. The number of nitrogen functional groups attached to an aromatic ring is 1. The molecule has 0 atom stereocenters. The van der Waals surface area contributed by atoms with Crippen molar-refractivity contribution in [2.24, 2.45) is 11.8 Å². The van der Waals surface area contributed by atoms with Crippen LogP contribution in [0.3, 0.4) is 0 Å². The van der Waals surface area contributed by atoms with Crippen molar-refractivity contribution >= 4 is 16.3 Å². The minimum Gasteiger partial charge on any atom is -0.390 e. The highest BCUT2D eigenvalue weighted by Crippen LogP contribution is 2.52. The topological polar surface area (TPSA) is 26.0 Å². The molecule has 0 saturated carbocycles. The molecule has 1 nitrogen and oxygen atoms in total. The minimum atomic E-state index is 0.212. The van der Waals surface area contributed by atoms with Gasteiger partial charge in [-0.1, -0.05) is 33.6 Å². The molecule has 0 fully saturated rings. The largest absolute Gasteiger partial charge is 0.390 e. The molecule has 1 heterocycles. The van der Waals surface area contributed by atoms with E-state index in [1.54, 1.807) is 11.3 Å². The number of aryl methyl sites for hydroxylation is 1. The van der Waals surface area contributed by atoms with E-state index in [4.69, 9.17) is 12.2 Å². The van der Waals surface area contributed by atoms with E-state index in [2.05, 4.69) is 33.6 Å². The Hall–Kier alpha value is -0.940. The molecule has 0 aliphatic heterocycles. The summed E-state index contributed by atoms with van der Waals surface area (Å²) in [6.45, 7) is 9.29. The second-order valence-corrected chi connectivity index (χ2v) is 7.12. The minimum absolute atomic E-state index is 0.212. The molecule has 1 aliphatic carbocycles. The Morgan fingerprint density at radius 3 is 2.39 bits per heavy atom. The maximum atomic E-state index is 6.13. The van der Waals surface area contributed by atoms with Crippen LogP contribution >= 0.6 is 11.3 Å². The Morgan fingerprint density at radius 1 is 1.28 bits per heavy atom. The first-order valence-electron chi connectivity index (χ1n) is 6.83. The maximum Gasteiger partial charge on any atom is 0.102 e. The van der Waals surface area contributed by atoms with Gasteiger partial charge in [0.05, 0.1) is 5.56 Å². The second-order valence-electron chi connectivity index (χ2n) is 5.99. The summed E-state index contributed by atoms with van der Waals surface area (Å²) in [6.07, 6.45) is 9.36.